The molecule has 18 heavy (non-hydrogen) atoms. The summed E-state index contributed by atoms with van der Waals surface area (Å²) in [6.07, 6.45) is 3.86. The molecule has 2 aliphatic heterocycles. The summed E-state index contributed by atoms with van der Waals surface area (Å²) in [6.45, 7) is 4.69. The molecule has 0 saturated carbocycles. The Morgan fingerprint density at radius 2 is 2.22 bits per heavy atom. The minimum atomic E-state index is 0.670. The van der Waals surface area contributed by atoms with Crippen LogP contribution in [0.3, 0.4) is 0 Å². The Morgan fingerprint density at radius 3 is 3.11 bits per heavy atom. The van der Waals surface area contributed by atoms with Crippen LogP contribution >= 0.6 is 15.9 Å². The van der Waals surface area contributed by atoms with E-state index in [0.29, 0.717) is 6.04 Å². The van der Waals surface area contributed by atoms with E-state index in [9.17, 15) is 0 Å². The van der Waals surface area contributed by atoms with Gasteiger partial charge in [-0.05, 0) is 49.6 Å². The first-order valence-electron chi connectivity index (χ1n) is 6.78. The minimum Gasteiger partial charge on any atom is -0.358 e. The van der Waals surface area contributed by atoms with E-state index >= 15 is 0 Å². The van der Waals surface area contributed by atoms with Crippen molar-refractivity contribution in [3.63, 3.8) is 0 Å². The average molecular weight is 305 g/mol. The Labute approximate surface area is 115 Å². The maximum atomic E-state index is 3.64. The molecular weight excluding hydrogens is 288 g/mol. The van der Waals surface area contributed by atoms with Gasteiger partial charge in [-0.1, -0.05) is 15.9 Å². The zero-order valence-electron chi connectivity index (χ0n) is 10.6. The third-order valence-electron chi connectivity index (χ3n) is 4.55. The summed E-state index contributed by atoms with van der Waals surface area (Å²) >= 11 is 3.64. The van der Waals surface area contributed by atoms with Crippen LogP contribution in [0.1, 0.15) is 35.7 Å². The van der Waals surface area contributed by atoms with Gasteiger partial charge in [0.25, 0.3) is 0 Å². The van der Waals surface area contributed by atoms with Gasteiger partial charge in [0, 0.05) is 40.1 Å². The summed E-state index contributed by atoms with van der Waals surface area (Å²) in [5.41, 5.74) is 5.70. The lowest BCUT2D eigenvalue weighted by Gasteiger charge is -2.29. The molecule has 2 aromatic rings. The Hall–Kier alpha value is -0.800. The van der Waals surface area contributed by atoms with Crippen molar-refractivity contribution in [1.29, 1.82) is 0 Å². The molecule has 0 amide bonds. The highest BCUT2D eigenvalue weighted by Gasteiger charge is 2.33. The Morgan fingerprint density at radius 1 is 1.33 bits per heavy atom. The third-order valence-corrected chi connectivity index (χ3v) is 5.40. The van der Waals surface area contributed by atoms with Crippen LogP contribution in [0.4, 0.5) is 0 Å². The smallest absolute Gasteiger partial charge is 0.0471 e. The minimum absolute atomic E-state index is 0.670. The fourth-order valence-electron chi connectivity index (χ4n) is 3.65. The molecule has 3 heteroatoms. The molecule has 0 radical (unpaired) electrons. The summed E-state index contributed by atoms with van der Waals surface area (Å²) in [5, 5.41) is 1.45. The average Bonchev–Trinajstić information content (AvgIpc) is 2.92. The van der Waals surface area contributed by atoms with E-state index in [0.717, 1.165) is 0 Å². The first-order valence-corrected chi connectivity index (χ1v) is 7.58. The zero-order chi connectivity index (χ0) is 12.3. The molecular formula is C15H17BrN2. The van der Waals surface area contributed by atoms with Crippen molar-refractivity contribution in [2.24, 2.45) is 0 Å². The molecule has 0 aliphatic carbocycles. The van der Waals surface area contributed by atoms with Gasteiger partial charge < -0.3 is 4.98 Å². The quantitative estimate of drug-likeness (QED) is 0.781. The van der Waals surface area contributed by atoms with Crippen LogP contribution in [0.15, 0.2) is 16.6 Å². The molecule has 2 nitrogen and oxygen atoms in total. The van der Waals surface area contributed by atoms with Crippen LogP contribution in [0.25, 0.3) is 10.9 Å². The number of aryl methyl sites for hydroxylation is 1. The second-order valence-electron chi connectivity index (χ2n) is 5.61. The van der Waals surface area contributed by atoms with E-state index in [4.69, 9.17) is 0 Å². The van der Waals surface area contributed by atoms with Crippen molar-refractivity contribution >= 4 is 26.8 Å². The fourth-order valence-corrected chi connectivity index (χ4v) is 4.00. The summed E-state index contributed by atoms with van der Waals surface area (Å²) in [7, 11) is 0. The van der Waals surface area contributed by atoms with E-state index < -0.39 is 0 Å². The molecule has 1 aromatic carbocycles. The largest absolute Gasteiger partial charge is 0.358 e. The van der Waals surface area contributed by atoms with Gasteiger partial charge >= 0.3 is 0 Å². The molecule has 0 unspecified atom stereocenters. The van der Waals surface area contributed by atoms with Gasteiger partial charge in [0.15, 0.2) is 0 Å². The van der Waals surface area contributed by atoms with Gasteiger partial charge in [0.2, 0.25) is 0 Å². The molecule has 94 valence electrons. The molecule has 0 bridgehead atoms. The van der Waals surface area contributed by atoms with Gasteiger partial charge in [0.05, 0.1) is 0 Å². The number of aromatic amines is 1. The Kier molecular flexibility index (Phi) is 2.36. The lowest BCUT2D eigenvalue weighted by Crippen LogP contribution is -2.30. The molecule has 1 aromatic heterocycles. The number of halogens is 1. The molecule has 1 atom stereocenters. The van der Waals surface area contributed by atoms with Gasteiger partial charge in [0.1, 0.15) is 0 Å². The van der Waals surface area contributed by atoms with Crippen LogP contribution in [-0.4, -0.2) is 23.0 Å². The standard InChI is InChI=1S/C15H17BrN2/c1-9-7-10-13(8-11(9)16)17-12-4-6-18-5-2-3-14(18)15(10)12/h7-8,14,17H,2-6H2,1H3/t14-/m1/s1. The molecule has 2 aliphatic rings. The Bertz CT molecular complexity index is 629. The van der Waals surface area contributed by atoms with Crippen LogP contribution < -0.4 is 0 Å². The molecule has 1 saturated heterocycles. The lowest BCUT2D eigenvalue weighted by molar-refractivity contribution is 0.244. The van der Waals surface area contributed by atoms with Crippen LogP contribution in [0.5, 0.6) is 0 Å². The Balaban J connectivity index is 1.99. The van der Waals surface area contributed by atoms with Gasteiger partial charge in [-0.3, -0.25) is 4.90 Å². The molecule has 1 N–H and O–H groups in total. The van der Waals surface area contributed by atoms with Crippen molar-refractivity contribution in [1.82, 2.24) is 9.88 Å². The summed E-state index contributed by atoms with van der Waals surface area (Å²) in [5.74, 6) is 0. The van der Waals surface area contributed by atoms with Crippen LogP contribution in [0.2, 0.25) is 0 Å². The molecule has 3 heterocycles. The number of fused-ring (bicyclic) bond motifs is 5. The number of nitrogens with zero attached hydrogens (tertiary/aromatic N) is 1. The van der Waals surface area contributed by atoms with Crippen LogP contribution in [0, 0.1) is 6.92 Å². The summed E-state index contributed by atoms with van der Waals surface area (Å²) in [4.78, 5) is 6.30. The highest BCUT2D eigenvalue weighted by molar-refractivity contribution is 9.10. The first-order chi connectivity index (χ1) is 8.74. The number of aromatic nitrogens is 1. The summed E-state index contributed by atoms with van der Waals surface area (Å²) < 4.78 is 1.21. The number of hydrogen-bond donors (Lipinski definition) is 1. The maximum Gasteiger partial charge on any atom is 0.0471 e. The highest BCUT2D eigenvalue weighted by atomic mass is 79.9. The molecule has 0 spiro atoms. The normalized spacial score (nSPS) is 23.3. The predicted molar refractivity (Wildman–Crippen MR) is 78.0 cm³/mol. The number of rotatable bonds is 0. The molecule has 4 rings (SSSR count). The predicted octanol–water partition coefficient (Wildman–Crippen LogP) is 3.93. The van der Waals surface area contributed by atoms with Gasteiger partial charge in [-0.15, -0.1) is 0 Å². The van der Waals surface area contributed by atoms with E-state index in [1.807, 2.05) is 0 Å². The highest BCUT2D eigenvalue weighted by Crippen LogP contribution is 2.42. The molecule has 1 fully saturated rings. The van der Waals surface area contributed by atoms with E-state index in [1.54, 1.807) is 5.56 Å². The van der Waals surface area contributed by atoms with Crippen LogP contribution in [-0.2, 0) is 6.42 Å². The zero-order valence-corrected chi connectivity index (χ0v) is 12.2. The number of H-pyrrole nitrogens is 1. The van der Waals surface area contributed by atoms with Crippen molar-refractivity contribution in [2.45, 2.75) is 32.2 Å². The van der Waals surface area contributed by atoms with Gasteiger partial charge in [-0.2, -0.15) is 0 Å². The van der Waals surface area contributed by atoms with Crippen molar-refractivity contribution < 1.29 is 0 Å². The SMILES string of the molecule is Cc1cc2c3c([nH]c2cc1Br)CCN1CCC[C@H]31. The maximum absolute atomic E-state index is 3.64. The fraction of sp³-hybridized carbons (Fsp3) is 0.467. The van der Waals surface area contributed by atoms with E-state index in [-0.39, 0.29) is 0 Å². The topological polar surface area (TPSA) is 19.0 Å². The monoisotopic (exact) mass is 304 g/mol. The number of benzene rings is 1. The second-order valence-corrected chi connectivity index (χ2v) is 6.46. The van der Waals surface area contributed by atoms with Crippen molar-refractivity contribution in [3.05, 3.63) is 33.4 Å². The van der Waals surface area contributed by atoms with Gasteiger partial charge in [-0.25, -0.2) is 0 Å². The van der Waals surface area contributed by atoms with E-state index in [1.165, 1.54) is 59.0 Å². The van der Waals surface area contributed by atoms with Crippen molar-refractivity contribution in [2.75, 3.05) is 13.1 Å². The number of nitrogens with one attached hydrogen (secondary N) is 1. The lowest BCUT2D eigenvalue weighted by atomic mass is 9.95. The second kappa shape index (κ2) is 3.84. The van der Waals surface area contributed by atoms with E-state index in [2.05, 4.69) is 44.9 Å². The van der Waals surface area contributed by atoms with Crippen molar-refractivity contribution in [3.8, 4) is 0 Å². The first kappa shape index (κ1) is 11.1. The summed E-state index contributed by atoms with van der Waals surface area (Å²) in [6, 6.07) is 5.25. The number of hydrogen-bond acceptors (Lipinski definition) is 1. The third kappa shape index (κ3) is 1.44.